The van der Waals surface area contributed by atoms with Gasteiger partial charge in [-0.3, -0.25) is 0 Å². The average molecular weight is 365 g/mol. The molecule has 1 saturated carbocycles. The van der Waals surface area contributed by atoms with Gasteiger partial charge in [0.1, 0.15) is 0 Å². The van der Waals surface area contributed by atoms with E-state index in [1.165, 1.54) is 24.2 Å². The number of hydrogen-bond donors (Lipinski definition) is 1. The fraction of sp³-hybridized carbons (Fsp3) is 0.895. The zero-order chi connectivity index (χ0) is 18.1. The van der Waals surface area contributed by atoms with E-state index < -0.39 is 6.09 Å². The van der Waals surface area contributed by atoms with Crippen molar-refractivity contribution in [3.05, 3.63) is 0 Å². The molecule has 2 atom stereocenters. The van der Waals surface area contributed by atoms with Gasteiger partial charge in [0.05, 0.1) is 6.61 Å². The third kappa shape index (κ3) is 3.50. The second-order valence-electron chi connectivity index (χ2n) is 8.36. The molecule has 7 nitrogen and oxygen atoms in total. The highest BCUT2D eigenvalue weighted by atomic mass is 16.6. The van der Waals surface area contributed by atoms with Gasteiger partial charge in [0.15, 0.2) is 0 Å². The molecule has 1 N–H and O–H groups in total. The number of piperidine rings is 2. The predicted molar refractivity (Wildman–Crippen MR) is 96.1 cm³/mol. The van der Waals surface area contributed by atoms with Crippen molar-refractivity contribution in [1.82, 2.24) is 14.7 Å². The van der Waals surface area contributed by atoms with Gasteiger partial charge in [0.2, 0.25) is 0 Å². The Morgan fingerprint density at radius 2 is 1.58 bits per heavy atom. The van der Waals surface area contributed by atoms with Crippen molar-refractivity contribution < 1.29 is 19.4 Å². The molecular formula is C19H31N3O4. The number of carbonyl (C=O) groups is 2. The number of likely N-dealkylation sites (tertiary alicyclic amines) is 2. The summed E-state index contributed by atoms with van der Waals surface area (Å²) in [5.74, 6) is 0.528. The highest BCUT2D eigenvalue weighted by Gasteiger charge is 2.43. The minimum absolute atomic E-state index is 0.0960. The van der Waals surface area contributed by atoms with E-state index in [2.05, 4.69) is 9.80 Å². The third-order valence-electron chi connectivity index (χ3n) is 7.00. The van der Waals surface area contributed by atoms with Crippen LogP contribution in [0.5, 0.6) is 0 Å². The predicted octanol–water partition coefficient (Wildman–Crippen LogP) is 2.60. The SMILES string of the molecule is O=C(O)N1CCC(N2CCC(N3C(=O)OC[C@H]4CCCC[C@@H]43)CC2)CC1. The number of cyclic esters (lactones) is 1. The molecule has 4 rings (SSSR count). The van der Waals surface area contributed by atoms with E-state index in [9.17, 15) is 9.59 Å². The fourth-order valence-corrected chi connectivity index (χ4v) is 5.51. The molecule has 3 aliphatic heterocycles. The second kappa shape index (κ2) is 7.62. The lowest BCUT2D eigenvalue weighted by molar-refractivity contribution is -0.0407. The van der Waals surface area contributed by atoms with Crippen LogP contribution in [0.3, 0.4) is 0 Å². The Balaban J connectivity index is 1.32. The summed E-state index contributed by atoms with van der Waals surface area (Å²) in [6.07, 6.45) is 7.79. The molecule has 3 saturated heterocycles. The summed E-state index contributed by atoms with van der Waals surface area (Å²) in [5, 5.41) is 9.10. The van der Waals surface area contributed by atoms with Crippen LogP contribution in [0.4, 0.5) is 9.59 Å². The van der Waals surface area contributed by atoms with Gasteiger partial charge in [0, 0.05) is 50.2 Å². The molecule has 0 aromatic rings. The molecule has 4 aliphatic rings. The summed E-state index contributed by atoms with van der Waals surface area (Å²) < 4.78 is 5.50. The fourth-order valence-electron chi connectivity index (χ4n) is 5.51. The Bertz CT molecular complexity index is 527. The Morgan fingerprint density at radius 1 is 0.923 bits per heavy atom. The van der Waals surface area contributed by atoms with E-state index in [0.29, 0.717) is 43.7 Å². The van der Waals surface area contributed by atoms with Crippen molar-refractivity contribution in [3.63, 3.8) is 0 Å². The first kappa shape index (κ1) is 17.9. The molecule has 0 aromatic carbocycles. The summed E-state index contributed by atoms with van der Waals surface area (Å²) in [4.78, 5) is 29.7. The number of carbonyl (C=O) groups excluding carboxylic acids is 1. The van der Waals surface area contributed by atoms with Crippen LogP contribution in [0.15, 0.2) is 0 Å². The monoisotopic (exact) mass is 365 g/mol. The number of nitrogens with zero attached hydrogens (tertiary/aromatic N) is 3. The number of ether oxygens (including phenoxy) is 1. The van der Waals surface area contributed by atoms with Crippen molar-refractivity contribution >= 4 is 12.2 Å². The molecule has 1 aliphatic carbocycles. The van der Waals surface area contributed by atoms with Crippen molar-refractivity contribution in [2.75, 3.05) is 32.8 Å². The molecule has 0 unspecified atom stereocenters. The highest BCUT2D eigenvalue weighted by Crippen LogP contribution is 2.36. The van der Waals surface area contributed by atoms with Gasteiger partial charge < -0.3 is 24.5 Å². The molecular weight excluding hydrogens is 334 g/mol. The molecule has 146 valence electrons. The standard InChI is InChI=1S/C19H31N3O4/c23-18(24)21-11-5-15(6-12-21)20-9-7-16(8-10-20)22-17-4-2-1-3-14(17)13-26-19(22)25/h14-17H,1-13H2,(H,23,24)/t14-,17+/m1/s1. The van der Waals surface area contributed by atoms with Crippen LogP contribution < -0.4 is 0 Å². The number of carboxylic acid groups (broad SMARTS) is 1. The van der Waals surface area contributed by atoms with Crippen molar-refractivity contribution in [2.45, 2.75) is 69.5 Å². The smallest absolute Gasteiger partial charge is 0.410 e. The van der Waals surface area contributed by atoms with E-state index in [1.54, 1.807) is 0 Å². The lowest BCUT2D eigenvalue weighted by Gasteiger charge is -2.49. The van der Waals surface area contributed by atoms with Gasteiger partial charge in [-0.05, 0) is 38.5 Å². The highest BCUT2D eigenvalue weighted by molar-refractivity contribution is 5.69. The van der Waals surface area contributed by atoms with Gasteiger partial charge in [-0.25, -0.2) is 9.59 Å². The summed E-state index contributed by atoms with van der Waals surface area (Å²) in [5.41, 5.74) is 0. The maximum Gasteiger partial charge on any atom is 0.410 e. The van der Waals surface area contributed by atoms with Crippen LogP contribution in [0.1, 0.15) is 51.4 Å². The average Bonchev–Trinajstić information content (AvgIpc) is 2.68. The van der Waals surface area contributed by atoms with Gasteiger partial charge in [-0.2, -0.15) is 0 Å². The van der Waals surface area contributed by atoms with Crippen LogP contribution in [-0.4, -0.2) is 82.9 Å². The molecule has 7 heteroatoms. The Labute approximate surface area is 155 Å². The Hall–Kier alpha value is -1.50. The maximum absolute atomic E-state index is 12.5. The van der Waals surface area contributed by atoms with Gasteiger partial charge in [-0.1, -0.05) is 12.8 Å². The van der Waals surface area contributed by atoms with Gasteiger partial charge in [-0.15, -0.1) is 0 Å². The zero-order valence-corrected chi connectivity index (χ0v) is 15.5. The summed E-state index contributed by atoms with van der Waals surface area (Å²) in [6.45, 7) is 3.90. The zero-order valence-electron chi connectivity index (χ0n) is 15.5. The van der Waals surface area contributed by atoms with E-state index >= 15 is 0 Å². The molecule has 0 bridgehead atoms. The van der Waals surface area contributed by atoms with Crippen LogP contribution in [-0.2, 0) is 4.74 Å². The largest absolute Gasteiger partial charge is 0.465 e. The molecule has 26 heavy (non-hydrogen) atoms. The van der Waals surface area contributed by atoms with Gasteiger partial charge in [0.25, 0.3) is 0 Å². The topological polar surface area (TPSA) is 73.3 Å². The minimum Gasteiger partial charge on any atom is -0.465 e. The molecule has 0 aromatic heterocycles. The first-order chi connectivity index (χ1) is 12.6. The number of fused-ring (bicyclic) bond motifs is 1. The first-order valence-corrected chi connectivity index (χ1v) is 10.3. The quantitative estimate of drug-likeness (QED) is 0.814. The number of rotatable bonds is 2. The van der Waals surface area contributed by atoms with E-state index in [4.69, 9.17) is 9.84 Å². The van der Waals surface area contributed by atoms with E-state index in [0.717, 1.165) is 45.2 Å². The molecule has 0 spiro atoms. The lowest BCUT2D eigenvalue weighted by Crippen LogP contribution is -2.59. The first-order valence-electron chi connectivity index (χ1n) is 10.3. The van der Waals surface area contributed by atoms with Crippen LogP contribution in [0.2, 0.25) is 0 Å². The second-order valence-corrected chi connectivity index (χ2v) is 8.36. The van der Waals surface area contributed by atoms with Crippen molar-refractivity contribution in [1.29, 1.82) is 0 Å². The number of hydrogen-bond acceptors (Lipinski definition) is 4. The molecule has 4 fully saturated rings. The number of amides is 2. The van der Waals surface area contributed by atoms with Crippen molar-refractivity contribution in [2.24, 2.45) is 5.92 Å². The maximum atomic E-state index is 12.5. The molecule has 3 heterocycles. The Morgan fingerprint density at radius 3 is 2.27 bits per heavy atom. The summed E-state index contributed by atoms with van der Waals surface area (Å²) in [6, 6.07) is 1.19. The van der Waals surface area contributed by atoms with Crippen molar-refractivity contribution in [3.8, 4) is 0 Å². The summed E-state index contributed by atoms with van der Waals surface area (Å²) in [7, 11) is 0. The van der Waals surface area contributed by atoms with Crippen LogP contribution >= 0.6 is 0 Å². The Kier molecular flexibility index (Phi) is 5.25. The minimum atomic E-state index is -0.798. The van der Waals surface area contributed by atoms with E-state index in [1.807, 2.05) is 0 Å². The summed E-state index contributed by atoms with van der Waals surface area (Å²) >= 11 is 0. The molecule has 2 amide bonds. The van der Waals surface area contributed by atoms with E-state index in [-0.39, 0.29) is 6.09 Å². The van der Waals surface area contributed by atoms with Gasteiger partial charge >= 0.3 is 12.2 Å². The van der Waals surface area contributed by atoms with Crippen LogP contribution in [0.25, 0.3) is 0 Å². The van der Waals surface area contributed by atoms with Crippen LogP contribution in [0, 0.1) is 5.92 Å². The normalized spacial score (nSPS) is 32.2. The lowest BCUT2D eigenvalue weighted by atomic mass is 9.82. The third-order valence-corrected chi connectivity index (χ3v) is 7.00. The molecule has 0 radical (unpaired) electrons.